The molecule has 0 fully saturated rings. The van der Waals surface area contributed by atoms with Crippen LogP contribution in [0.1, 0.15) is 31.1 Å². The largest absolute Gasteiger partial charge is 0.352 e. The number of likely N-dealkylation sites (N-methyl/N-ethyl adjacent to an activating group) is 1. The van der Waals surface area contributed by atoms with E-state index in [0.717, 1.165) is 5.69 Å². The van der Waals surface area contributed by atoms with Crippen LogP contribution in [0.2, 0.25) is 0 Å². The topological polar surface area (TPSA) is 67.2 Å². The zero-order chi connectivity index (χ0) is 16.8. The predicted octanol–water partition coefficient (Wildman–Crippen LogP) is 1.86. The number of carbonyl (C=O) groups is 2. The molecule has 2 amide bonds. The van der Waals surface area contributed by atoms with E-state index in [2.05, 4.69) is 10.4 Å². The van der Waals surface area contributed by atoms with Crippen LogP contribution in [-0.4, -0.2) is 45.6 Å². The molecule has 0 aliphatic rings. The lowest BCUT2D eigenvalue weighted by molar-refractivity contribution is -0.122. The smallest absolute Gasteiger partial charge is 0.254 e. The van der Waals surface area contributed by atoms with Crippen LogP contribution in [0.4, 0.5) is 0 Å². The highest BCUT2D eigenvalue weighted by molar-refractivity contribution is 5.96. The van der Waals surface area contributed by atoms with Gasteiger partial charge in [-0.1, -0.05) is 0 Å². The number of aromatic nitrogens is 2. The first-order valence-electron chi connectivity index (χ1n) is 7.70. The summed E-state index contributed by atoms with van der Waals surface area (Å²) >= 11 is 0. The van der Waals surface area contributed by atoms with Crippen LogP contribution in [0.3, 0.4) is 0 Å². The molecule has 0 unspecified atom stereocenters. The van der Waals surface area contributed by atoms with Gasteiger partial charge in [0, 0.05) is 30.5 Å². The van der Waals surface area contributed by atoms with Crippen molar-refractivity contribution < 1.29 is 9.59 Å². The van der Waals surface area contributed by atoms with Crippen molar-refractivity contribution in [3.05, 3.63) is 48.3 Å². The highest BCUT2D eigenvalue weighted by atomic mass is 16.2. The lowest BCUT2D eigenvalue weighted by Crippen LogP contribution is -2.42. The highest BCUT2D eigenvalue weighted by Gasteiger charge is 2.17. The summed E-state index contributed by atoms with van der Waals surface area (Å²) in [4.78, 5) is 25.9. The van der Waals surface area contributed by atoms with E-state index >= 15 is 0 Å². The fourth-order valence-electron chi connectivity index (χ4n) is 2.23. The van der Waals surface area contributed by atoms with Crippen LogP contribution in [0.25, 0.3) is 5.69 Å². The minimum atomic E-state index is -0.154. The number of carbonyl (C=O) groups excluding carboxylic acids is 2. The second-order valence-corrected chi connectivity index (χ2v) is 5.54. The molecule has 2 aromatic rings. The van der Waals surface area contributed by atoms with Gasteiger partial charge >= 0.3 is 0 Å². The zero-order valence-electron chi connectivity index (χ0n) is 13.7. The second kappa shape index (κ2) is 7.58. The summed E-state index contributed by atoms with van der Waals surface area (Å²) in [6.07, 6.45) is 3.54. The first kappa shape index (κ1) is 16.7. The Kier molecular flexibility index (Phi) is 5.51. The maximum absolute atomic E-state index is 12.5. The Morgan fingerprint density at radius 3 is 2.48 bits per heavy atom. The van der Waals surface area contributed by atoms with Gasteiger partial charge < -0.3 is 10.2 Å². The number of hydrogen-bond donors (Lipinski definition) is 1. The van der Waals surface area contributed by atoms with E-state index in [0.29, 0.717) is 12.1 Å². The van der Waals surface area contributed by atoms with Crippen LogP contribution < -0.4 is 5.32 Å². The number of benzene rings is 1. The Labute approximate surface area is 136 Å². The Morgan fingerprint density at radius 1 is 1.26 bits per heavy atom. The molecule has 0 aliphatic heterocycles. The van der Waals surface area contributed by atoms with Gasteiger partial charge in [-0.15, -0.1) is 0 Å². The Bertz CT molecular complexity index is 648. The molecule has 1 heterocycles. The third-order valence-corrected chi connectivity index (χ3v) is 3.34. The van der Waals surface area contributed by atoms with Gasteiger partial charge in [0.15, 0.2) is 0 Å². The lowest BCUT2D eigenvalue weighted by atomic mass is 10.1. The van der Waals surface area contributed by atoms with Crippen molar-refractivity contribution in [2.75, 3.05) is 13.1 Å². The quantitative estimate of drug-likeness (QED) is 0.885. The molecule has 122 valence electrons. The molecule has 0 atom stereocenters. The van der Waals surface area contributed by atoms with Gasteiger partial charge in [0.25, 0.3) is 5.91 Å². The molecular weight excluding hydrogens is 292 g/mol. The molecule has 6 nitrogen and oxygen atoms in total. The average Bonchev–Trinajstić information content (AvgIpc) is 3.06. The van der Waals surface area contributed by atoms with E-state index in [-0.39, 0.29) is 24.4 Å². The number of amides is 2. The van der Waals surface area contributed by atoms with Crippen molar-refractivity contribution in [1.29, 1.82) is 0 Å². The summed E-state index contributed by atoms with van der Waals surface area (Å²) in [6, 6.07) is 9.07. The maximum Gasteiger partial charge on any atom is 0.254 e. The summed E-state index contributed by atoms with van der Waals surface area (Å²) in [5, 5.41) is 6.94. The number of nitrogens with zero attached hydrogens (tertiary/aromatic N) is 3. The van der Waals surface area contributed by atoms with E-state index in [1.54, 1.807) is 23.0 Å². The molecule has 0 aliphatic carbocycles. The number of rotatable bonds is 6. The van der Waals surface area contributed by atoms with Gasteiger partial charge in [0.1, 0.15) is 0 Å². The Morgan fingerprint density at radius 2 is 1.96 bits per heavy atom. The molecule has 2 rings (SSSR count). The van der Waals surface area contributed by atoms with E-state index in [1.807, 2.05) is 45.2 Å². The highest BCUT2D eigenvalue weighted by Crippen LogP contribution is 2.11. The Hall–Kier alpha value is -2.63. The maximum atomic E-state index is 12.5. The normalized spacial score (nSPS) is 10.6. The van der Waals surface area contributed by atoms with Crippen LogP contribution in [0, 0.1) is 0 Å². The fraction of sp³-hybridized carbons (Fsp3) is 0.353. The third kappa shape index (κ3) is 4.42. The molecule has 0 saturated carbocycles. The third-order valence-electron chi connectivity index (χ3n) is 3.34. The Balaban J connectivity index is 2.07. The van der Waals surface area contributed by atoms with E-state index in [4.69, 9.17) is 0 Å². The van der Waals surface area contributed by atoms with E-state index < -0.39 is 0 Å². The molecule has 0 saturated heterocycles. The predicted molar refractivity (Wildman–Crippen MR) is 88.4 cm³/mol. The summed E-state index contributed by atoms with van der Waals surface area (Å²) < 4.78 is 1.72. The zero-order valence-corrected chi connectivity index (χ0v) is 13.7. The minimum absolute atomic E-state index is 0.0599. The summed E-state index contributed by atoms with van der Waals surface area (Å²) in [6.45, 7) is 6.19. The molecule has 1 aromatic heterocycles. The van der Waals surface area contributed by atoms with Gasteiger partial charge in [-0.3, -0.25) is 9.59 Å². The van der Waals surface area contributed by atoms with E-state index in [1.165, 1.54) is 4.90 Å². The van der Waals surface area contributed by atoms with Crippen LogP contribution in [0.15, 0.2) is 42.7 Å². The van der Waals surface area contributed by atoms with Gasteiger partial charge in [-0.25, -0.2) is 4.68 Å². The summed E-state index contributed by atoms with van der Waals surface area (Å²) in [5.74, 6) is -0.304. The van der Waals surface area contributed by atoms with Crippen LogP contribution >= 0.6 is 0 Å². The molecule has 0 radical (unpaired) electrons. The standard InChI is InChI=1S/C17H22N4O2/c1-4-20(12-16(22)19-13(2)3)17(23)14-6-8-15(9-7-14)21-11-5-10-18-21/h5-11,13H,4,12H2,1-3H3,(H,19,22). The van der Waals surface area contributed by atoms with E-state index in [9.17, 15) is 9.59 Å². The van der Waals surface area contributed by atoms with Crippen molar-refractivity contribution in [2.24, 2.45) is 0 Å². The molecule has 6 heteroatoms. The van der Waals surface area contributed by atoms with Crippen molar-refractivity contribution in [3.8, 4) is 5.69 Å². The monoisotopic (exact) mass is 314 g/mol. The van der Waals surface area contributed by atoms with Gasteiger partial charge in [0.05, 0.1) is 12.2 Å². The van der Waals surface area contributed by atoms with Crippen LogP contribution in [-0.2, 0) is 4.79 Å². The molecule has 1 aromatic carbocycles. The first-order chi connectivity index (χ1) is 11.0. The van der Waals surface area contributed by atoms with Gasteiger partial charge in [-0.2, -0.15) is 5.10 Å². The number of hydrogen-bond acceptors (Lipinski definition) is 3. The number of nitrogens with one attached hydrogen (secondary N) is 1. The lowest BCUT2D eigenvalue weighted by Gasteiger charge is -2.21. The van der Waals surface area contributed by atoms with Crippen LogP contribution in [0.5, 0.6) is 0 Å². The fourth-order valence-corrected chi connectivity index (χ4v) is 2.23. The van der Waals surface area contributed by atoms with Crippen molar-refractivity contribution in [1.82, 2.24) is 20.0 Å². The average molecular weight is 314 g/mol. The molecule has 0 spiro atoms. The van der Waals surface area contributed by atoms with Crippen molar-refractivity contribution in [2.45, 2.75) is 26.8 Å². The molecule has 0 bridgehead atoms. The summed E-state index contributed by atoms with van der Waals surface area (Å²) in [7, 11) is 0. The van der Waals surface area contributed by atoms with Gasteiger partial charge in [0.2, 0.25) is 5.91 Å². The van der Waals surface area contributed by atoms with Gasteiger partial charge in [-0.05, 0) is 51.1 Å². The first-order valence-corrected chi connectivity index (χ1v) is 7.70. The summed E-state index contributed by atoms with van der Waals surface area (Å²) in [5.41, 5.74) is 1.44. The van der Waals surface area contributed by atoms with Crippen molar-refractivity contribution in [3.63, 3.8) is 0 Å². The van der Waals surface area contributed by atoms with Crippen molar-refractivity contribution >= 4 is 11.8 Å². The minimum Gasteiger partial charge on any atom is -0.352 e. The molecule has 23 heavy (non-hydrogen) atoms. The molecular formula is C17H22N4O2. The second-order valence-electron chi connectivity index (χ2n) is 5.54. The molecule has 1 N–H and O–H groups in total. The SMILES string of the molecule is CCN(CC(=O)NC(C)C)C(=O)c1ccc(-n2cccn2)cc1.